The zero-order chi connectivity index (χ0) is 55.7. The van der Waals surface area contributed by atoms with Crippen molar-refractivity contribution in [3.63, 3.8) is 0 Å². The summed E-state index contributed by atoms with van der Waals surface area (Å²) in [5.41, 5.74) is 12.4. The normalized spacial score (nSPS) is 17.1. The van der Waals surface area contributed by atoms with Gasteiger partial charge in [0, 0.05) is 95.7 Å². The summed E-state index contributed by atoms with van der Waals surface area (Å²) in [6.07, 6.45) is 9.45. The molecular formula is C59H68Cl4N10O6. The first-order valence-electron chi connectivity index (χ1n) is 26.9. The van der Waals surface area contributed by atoms with Gasteiger partial charge >= 0.3 is 0 Å². The molecule has 3 aliphatic rings. The number of rotatable bonds is 24. The number of piperidine rings is 1. The van der Waals surface area contributed by atoms with E-state index >= 15 is 0 Å². The Morgan fingerprint density at radius 1 is 0.709 bits per heavy atom. The highest BCUT2D eigenvalue weighted by Gasteiger charge is 2.32. The van der Waals surface area contributed by atoms with Crippen molar-refractivity contribution in [3.8, 4) is 5.75 Å². The number of amides is 3. The van der Waals surface area contributed by atoms with Crippen LogP contribution in [0.3, 0.4) is 0 Å². The van der Waals surface area contributed by atoms with Crippen LogP contribution in [0.5, 0.6) is 5.75 Å². The summed E-state index contributed by atoms with van der Waals surface area (Å²) in [7, 11) is 0. The zero-order valence-corrected chi connectivity index (χ0v) is 47.2. The van der Waals surface area contributed by atoms with Crippen LogP contribution in [0, 0.1) is 0 Å². The van der Waals surface area contributed by atoms with Crippen LogP contribution in [0.25, 0.3) is 12.2 Å². The van der Waals surface area contributed by atoms with Crippen LogP contribution in [-0.4, -0.2) is 162 Å². The van der Waals surface area contributed by atoms with Crippen LogP contribution in [0.15, 0.2) is 108 Å². The van der Waals surface area contributed by atoms with Gasteiger partial charge in [0.25, 0.3) is 5.91 Å². The minimum atomic E-state index is -0.850. The molecule has 20 heteroatoms. The Kier molecular flexibility index (Phi) is 22.1. The van der Waals surface area contributed by atoms with Crippen molar-refractivity contribution in [1.29, 1.82) is 0 Å². The Balaban J connectivity index is 0.663. The van der Waals surface area contributed by atoms with E-state index in [1.54, 1.807) is 53.5 Å². The molecule has 4 heterocycles. The topological polar surface area (TPSA) is 199 Å². The monoisotopic (exact) mass is 1150 g/mol. The molecule has 2 atom stereocenters. The molecule has 3 amide bonds. The number of nitrogens with one attached hydrogen (secondary N) is 3. The summed E-state index contributed by atoms with van der Waals surface area (Å²) in [6.45, 7) is 9.15. The molecule has 0 aliphatic carbocycles. The molecule has 0 spiro atoms. The minimum absolute atomic E-state index is 0.00501. The van der Waals surface area contributed by atoms with Gasteiger partial charge in [-0.05, 0) is 109 Å². The molecule has 6 N–H and O–H groups in total. The van der Waals surface area contributed by atoms with Gasteiger partial charge in [-0.1, -0.05) is 108 Å². The van der Waals surface area contributed by atoms with Gasteiger partial charge in [0.05, 0.1) is 45.4 Å². The van der Waals surface area contributed by atoms with E-state index in [9.17, 15) is 24.3 Å². The second-order valence-electron chi connectivity index (χ2n) is 20.2. The lowest BCUT2D eigenvalue weighted by Gasteiger charge is -2.34. The number of anilines is 1. The highest BCUT2D eigenvalue weighted by Crippen LogP contribution is 2.29. The number of aliphatic hydroxyl groups is 1. The number of unbranched alkanes of at least 4 members (excludes halogenated alkanes) is 3. The van der Waals surface area contributed by atoms with Crippen molar-refractivity contribution in [2.75, 3.05) is 97.0 Å². The molecule has 5 aromatic rings. The molecule has 16 nitrogen and oxygen atoms in total. The number of nitrogens with two attached hydrogens (primary N) is 1. The number of aliphatic hydroxyl groups excluding tert-OH is 1. The van der Waals surface area contributed by atoms with Gasteiger partial charge < -0.3 is 41.3 Å². The number of piperazine rings is 1. The van der Waals surface area contributed by atoms with Crippen LogP contribution in [0.1, 0.15) is 64.0 Å². The first-order valence-corrected chi connectivity index (χ1v) is 28.4. The molecule has 2 fully saturated rings. The van der Waals surface area contributed by atoms with Crippen molar-refractivity contribution < 1.29 is 29.0 Å². The van der Waals surface area contributed by atoms with Gasteiger partial charge in [0.1, 0.15) is 23.6 Å². The third kappa shape index (κ3) is 18.0. The number of ketones is 1. The first-order chi connectivity index (χ1) is 38.2. The number of nitrogens with zero attached hydrogens (tertiary/aromatic N) is 6. The third-order valence-electron chi connectivity index (χ3n) is 14.2. The Hall–Kier alpha value is -5.92. The Labute approximate surface area is 482 Å². The molecule has 79 heavy (non-hydrogen) atoms. The molecule has 0 radical (unpaired) electrons. The quantitative estimate of drug-likeness (QED) is 0.0302. The number of aromatic nitrogens is 2. The molecule has 4 aromatic carbocycles. The van der Waals surface area contributed by atoms with Crippen molar-refractivity contribution >= 4 is 87.9 Å². The van der Waals surface area contributed by atoms with Crippen LogP contribution < -0.4 is 26.4 Å². The maximum absolute atomic E-state index is 13.9. The number of carbonyl (C=O) groups is 4. The second kappa shape index (κ2) is 29.5. The lowest BCUT2D eigenvalue weighted by Crippen LogP contribution is -2.49. The van der Waals surface area contributed by atoms with E-state index < -0.39 is 18.1 Å². The number of likely N-dealkylation sites (tertiary alicyclic amines) is 1. The summed E-state index contributed by atoms with van der Waals surface area (Å²) in [5, 5.41) is 20.8. The number of fused-ring (bicyclic) bond motifs is 1. The maximum Gasteiger partial charge on any atom is 0.270 e. The number of β-amino-alcohol motifs (C(OH)–C–C–N with tert-alkyl or cyclic N) is 1. The van der Waals surface area contributed by atoms with Crippen molar-refractivity contribution in [2.45, 2.75) is 57.2 Å². The van der Waals surface area contributed by atoms with Crippen molar-refractivity contribution in [3.05, 3.63) is 162 Å². The fourth-order valence-corrected chi connectivity index (χ4v) is 10.5. The van der Waals surface area contributed by atoms with E-state index in [-0.39, 0.29) is 49.5 Å². The predicted molar refractivity (Wildman–Crippen MR) is 313 cm³/mol. The number of halogens is 4. The van der Waals surface area contributed by atoms with E-state index in [2.05, 4.69) is 52.8 Å². The van der Waals surface area contributed by atoms with Crippen LogP contribution >= 0.6 is 46.4 Å². The predicted octanol–water partition coefficient (Wildman–Crippen LogP) is 7.47. The highest BCUT2D eigenvalue weighted by atomic mass is 35.5. The summed E-state index contributed by atoms with van der Waals surface area (Å²) in [5.74, 6) is 0.0331. The molecule has 1 aromatic heterocycles. The first kappa shape index (κ1) is 59.2. The summed E-state index contributed by atoms with van der Waals surface area (Å²) in [6, 6.07) is 26.8. The van der Waals surface area contributed by atoms with Gasteiger partial charge in [-0.2, -0.15) is 0 Å². The van der Waals surface area contributed by atoms with Gasteiger partial charge in [-0.25, -0.2) is 9.97 Å². The van der Waals surface area contributed by atoms with E-state index in [0.29, 0.717) is 74.3 Å². The van der Waals surface area contributed by atoms with Gasteiger partial charge in [-0.15, -0.1) is 0 Å². The fourth-order valence-electron chi connectivity index (χ4n) is 9.86. The molecule has 2 unspecified atom stereocenters. The average molecular weight is 1160 g/mol. The SMILES string of the molecule is NC(Cc1ccc(OCCCCCCN2CCN(CCNC(=O)CNc3cc(C(=O)NCC(O)CN4CCc5ccccc5C4)ncn3)CC2)cc1)C(=O)N1C/C(=C\c2ccc(Cl)c(Cl)c2)C(=O)/C(=C/c2ccc(Cl)c(Cl)c2)C1. The molecule has 0 saturated carbocycles. The second-order valence-corrected chi connectivity index (χ2v) is 21.8. The lowest BCUT2D eigenvalue weighted by atomic mass is 9.93. The number of hydrogen-bond acceptors (Lipinski definition) is 13. The minimum Gasteiger partial charge on any atom is -0.494 e. The van der Waals surface area contributed by atoms with Crippen LogP contribution in [0.4, 0.5) is 5.82 Å². The molecule has 418 valence electrons. The Bertz CT molecular complexity index is 2900. The van der Waals surface area contributed by atoms with Gasteiger partial charge in [-0.3, -0.25) is 29.0 Å². The molecule has 3 aliphatic heterocycles. The Morgan fingerprint density at radius 2 is 1.35 bits per heavy atom. The molecule has 0 bridgehead atoms. The van der Waals surface area contributed by atoms with Crippen LogP contribution in [-0.2, 0) is 33.8 Å². The van der Waals surface area contributed by atoms with E-state index in [1.807, 2.05) is 36.4 Å². The average Bonchev–Trinajstić information content (AvgIpc) is 3.50. The van der Waals surface area contributed by atoms with Crippen molar-refractivity contribution in [2.24, 2.45) is 5.73 Å². The number of Topliss-reactive ketones (excluding diaryl/α,β-unsaturated/α-hetero) is 1. The third-order valence-corrected chi connectivity index (χ3v) is 15.7. The number of benzene rings is 4. The number of ether oxygens (including phenoxy) is 1. The summed E-state index contributed by atoms with van der Waals surface area (Å²) < 4.78 is 6.05. The summed E-state index contributed by atoms with van der Waals surface area (Å²) >= 11 is 24.8. The highest BCUT2D eigenvalue weighted by molar-refractivity contribution is 6.42. The largest absolute Gasteiger partial charge is 0.494 e. The van der Waals surface area contributed by atoms with Crippen molar-refractivity contribution in [1.82, 2.24) is 40.2 Å². The number of carbonyl (C=O) groups excluding carboxylic acids is 4. The van der Waals surface area contributed by atoms with Gasteiger partial charge in [0.15, 0.2) is 5.78 Å². The maximum atomic E-state index is 13.9. The molecule has 8 rings (SSSR count). The summed E-state index contributed by atoms with van der Waals surface area (Å²) in [4.78, 5) is 70.1. The smallest absolute Gasteiger partial charge is 0.270 e. The van der Waals surface area contributed by atoms with Gasteiger partial charge in [0.2, 0.25) is 11.8 Å². The Morgan fingerprint density at radius 3 is 2.03 bits per heavy atom. The van der Waals surface area contributed by atoms with E-state index in [1.165, 1.54) is 23.5 Å². The van der Waals surface area contributed by atoms with E-state index in [0.717, 1.165) is 95.8 Å². The van der Waals surface area contributed by atoms with Crippen LogP contribution in [0.2, 0.25) is 20.1 Å². The molecular weight excluding hydrogens is 1090 g/mol. The lowest BCUT2D eigenvalue weighted by molar-refractivity contribution is -0.132. The number of hydrogen-bond donors (Lipinski definition) is 5. The fraction of sp³-hybridized carbons (Fsp3) is 0.390. The van der Waals surface area contributed by atoms with E-state index in [4.69, 9.17) is 56.9 Å². The molecule has 2 saturated heterocycles. The zero-order valence-electron chi connectivity index (χ0n) is 44.2. The standard InChI is InChI=1S/C59H68Cl4N10O6/c60-49-15-11-41(29-51(49)62)27-45-36-73(37-46(57(45)76)28-42-12-16-50(61)52(63)30-42)59(78)53(64)31-40-9-13-48(14-10-40)79-26-6-2-1-5-19-70-22-24-71(25-23-70)21-18-65-56(75)34-66-55-32-54(68-39-69-55)58(77)67-33-47(74)38-72-20-17-43-7-3-4-8-44(43)35-72/h3-4,7-16,27-30,32,39,47,53,74H,1-2,5-6,17-26,31,33-38,64H2,(H,65,75)(H,67,77)(H,66,68,69)/b45-27+,46-28+.